The van der Waals surface area contributed by atoms with Crippen molar-refractivity contribution in [2.45, 2.75) is 11.1 Å². The number of benzene rings is 1. The van der Waals surface area contributed by atoms with Gasteiger partial charge in [-0.25, -0.2) is 10.8 Å². The molecule has 0 saturated heterocycles. The lowest BCUT2D eigenvalue weighted by Gasteiger charge is -2.17. The van der Waals surface area contributed by atoms with Gasteiger partial charge in [-0.2, -0.15) is 26.0 Å². The number of nitrogens with zero attached hydrogens (tertiary/aromatic N) is 3. The van der Waals surface area contributed by atoms with Crippen molar-refractivity contribution in [2.75, 3.05) is 7.11 Å². The number of alkyl halides is 3. The number of hydrogen-bond acceptors (Lipinski definition) is 6. The number of nitrogens with two attached hydrogens (primary N) is 1. The summed E-state index contributed by atoms with van der Waals surface area (Å²) in [6.45, 7) is 0. The van der Waals surface area contributed by atoms with Gasteiger partial charge in [0.25, 0.3) is 10.0 Å². The van der Waals surface area contributed by atoms with Crippen molar-refractivity contribution < 1.29 is 31.1 Å². The summed E-state index contributed by atoms with van der Waals surface area (Å²) in [7, 11) is -3.35. The van der Waals surface area contributed by atoms with Crippen LogP contribution in [0.5, 0.6) is 5.75 Å². The van der Waals surface area contributed by atoms with E-state index in [1.807, 2.05) is 0 Å². The van der Waals surface area contributed by atoms with Crippen LogP contribution in [0, 0.1) is 0 Å². The van der Waals surface area contributed by atoms with Crippen molar-refractivity contribution in [3.8, 4) is 5.75 Å². The summed E-state index contributed by atoms with van der Waals surface area (Å²) >= 11 is 11.7. The molecule has 14 heteroatoms. The van der Waals surface area contributed by atoms with Gasteiger partial charge in [0, 0.05) is 18.5 Å². The van der Waals surface area contributed by atoms with E-state index in [0.717, 1.165) is 16.7 Å². The maximum atomic E-state index is 12.9. The Labute approximate surface area is 177 Å². The molecular weight excluding hydrogens is 472 g/mol. The highest BCUT2D eigenvalue weighted by Crippen LogP contribution is 2.33. The van der Waals surface area contributed by atoms with Crippen molar-refractivity contribution in [1.82, 2.24) is 13.8 Å². The Morgan fingerprint density at radius 1 is 1.20 bits per heavy atom. The molecule has 0 radical (unpaired) electrons. The third kappa shape index (κ3) is 3.90. The molecule has 3 aromatic rings. The number of ether oxygens (including phenoxy) is 1. The monoisotopic (exact) mass is 482 g/mol. The van der Waals surface area contributed by atoms with E-state index >= 15 is 0 Å². The number of pyridine rings is 1. The van der Waals surface area contributed by atoms with Crippen molar-refractivity contribution in [1.29, 1.82) is 0 Å². The maximum absolute atomic E-state index is 12.9. The Morgan fingerprint density at radius 3 is 2.47 bits per heavy atom. The first-order valence-corrected chi connectivity index (χ1v) is 9.99. The number of amides is 1. The van der Waals surface area contributed by atoms with Gasteiger partial charge in [0.15, 0.2) is 5.65 Å². The van der Waals surface area contributed by atoms with Gasteiger partial charge in [-0.1, -0.05) is 23.2 Å². The summed E-state index contributed by atoms with van der Waals surface area (Å²) < 4.78 is 70.0. The standard InChI is InChI=1S/C16H11Cl2F3N4O4S/c1-29-9-2-3-10(17)13(5-9)30(27,28)25(22)15(26)12-7-24-6-8(16(19,20)21)4-11(18)14(24)23-12/h2-7H,22H2,1H3. The third-order valence-electron chi connectivity index (χ3n) is 3.93. The lowest BCUT2D eigenvalue weighted by atomic mass is 10.3. The van der Waals surface area contributed by atoms with E-state index in [4.69, 9.17) is 33.8 Å². The summed E-state index contributed by atoms with van der Waals surface area (Å²) in [6.07, 6.45) is -3.17. The predicted octanol–water partition coefficient (Wildman–Crippen LogP) is 3.37. The fraction of sp³-hybridized carbons (Fsp3) is 0.125. The smallest absolute Gasteiger partial charge is 0.417 e. The lowest BCUT2D eigenvalue weighted by Crippen LogP contribution is -2.42. The van der Waals surface area contributed by atoms with Gasteiger partial charge in [-0.3, -0.25) is 4.79 Å². The number of aromatic nitrogens is 2. The summed E-state index contributed by atoms with van der Waals surface area (Å²) in [6, 6.07) is 4.31. The van der Waals surface area contributed by atoms with Crippen LogP contribution in [0.15, 0.2) is 41.6 Å². The van der Waals surface area contributed by atoms with Gasteiger partial charge in [0.05, 0.1) is 22.7 Å². The molecule has 1 aromatic carbocycles. The first-order valence-electron chi connectivity index (χ1n) is 7.79. The second-order valence-corrected chi connectivity index (χ2v) is 8.43. The van der Waals surface area contributed by atoms with Crippen LogP contribution in [-0.2, 0) is 16.2 Å². The Morgan fingerprint density at radius 2 is 1.87 bits per heavy atom. The Kier molecular flexibility index (Phi) is 5.62. The van der Waals surface area contributed by atoms with E-state index in [9.17, 15) is 26.4 Å². The minimum absolute atomic E-state index is 0.117. The zero-order valence-electron chi connectivity index (χ0n) is 14.8. The van der Waals surface area contributed by atoms with E-state index in [2.05, 4.69) is 4.98 Å². The fourth-order valence-electron chi connectivity index (χ4n) is 2.45. The van der Waals surface area contributed by atoms with Gasteiger partial charge in [-0.15, -0.1) is 0 Å². The normalized spacial score (nSPS) is 12.2. The Balaban J connectivity index is 2.04. The number of hydrazine groups is 1. The average molecular weight is 483 g/mol. The number of fused-ring (bicyclic) bond motifs is 1. The van der Waals surface area contributed by atoms with E-state index < -0.39 is 43.3 Å². The molecule has 0 fully saturated rings. The largest absolute Gasteiger partial charge is 0.497 e. The summed E-state index contributed by atoms with van der Waals surface area (Å²) in [5.41, 5.74) is -1.84. The second-order valence-electron chi connectivity index (χ2n) is 5.83. The average Bonchev–Trinajstić information content (AvgIpc) is 3.11. The van der Waals surface area contributed by atoms with Crippen molar-refractivity contribution >= 4 is 44.8 Å². The van der Waals surface area contributed by atoms with Gasteiger partial charge in [-0.05, 0) is 18.2 Å². The number of methoxy groups -OCH3 is 1. The van der Waals surface area contributed by atoms with Crippen LogP contribution in [0.3, 0.4) is 0 Å². The third-order valence-corrected chi connectivity index (χ3v) is 6.23. The van der Waals surface area contributed by atoms with Crippen LogP contribution in [0.1, 0.15) is 16.1 Å². The maximum Gasteiger partial charge on any atom is 0.417 e. The summed E-state index contributed by atoms with van der Waals surface area (Å²) in [5.74, 6) is 4.33. The van der Waals surface area contributed by atoms with E-state index in [1.54, 1.807) is 0 Å². The zero-order valence-corrected chi connectivity index (χ0v) is 17.1. The molecule has 2 N–H and O–H groups in total. The molecule has 2 heterocycles. The minimum atomic E-state index is -4.70. The molecule has 0 atom stereocenters. The van der Waals surface area contributed by atoms with Crippen molar-refractivity contribution in [2.24, 2.45) is 5.84 Å². The molecule has 0 aliphatic heterocycles. The van der Waals surface area contributed by atoms with Crippen molar-refractivity contribution in [3.05, 3.63) is 58.0 Å². The second kappa shape index (κ2) is 7.61. The van der Waals surface area contributed by atoms with Crippen LogP contribution < -0.4 is 10.6 Å². The molecule has 0 bridgehead atoms. The summed E-state index contributed by atoms with van der Waals surface area (Å²) in [5, 5.41) is -0.627. The highest BCUT2D eigenvalue weighted by atomic mass is 35.5. The van der Waals surface area contributed by atoms with Gasteiger partial charge in [0.2, 0.25) is 0 Å². The lowest BCUT2D eigenvalue weighted by molar-refractivity contribution is -0.137. The number of rotatable bonds is 4. The number of hydrogen-bond donors (Lipinski definition) is 1. The molecule has 0 spiro atoms. The van der Waals surface area contributed by atoms with E-state index in [0.29, 0.717) is 12.3 Å². The molecule has 8 nitrogen and oxygen atoms in total. The quantitative estimate of drug-likeness (QED) is 0.347. The first kappa shape index (κ1) is 22.2. The highest BCUT2D eigenvalue weighted by molar-refractivity contribution is 7.89. The van der Waals surface area contributed by atoms with E-state index in [1.165, 1.54) is 19.2 Å². The molecule has 160 valence electrons. The van der Waals surface area contributed by atoms with Gasteiger partial charge >= 0.3 is 12.1 Å². The fourth-order valence-corrected chi connectivity index (χ4v) is 4.22. The van der Waals surface area contributed by atoms with Crippen LogP contribution in [0.25, 0.3) is 5.65 Å². The topological polar surface area (TPSA) is 107 Å². The number of carbonyl (C=O) groups is 1. The summed E-state index contributed by atoms with van der Waals surface area (Å²) in [4.78, 5) is 15.9. The zero-order chi connectivity index (χ0) is 22.4. The molecule has 1 amide bonds. The molecule has 0 aliphatic rings. The van der Waals surface area contributed by atoms with Crippen LogP contribution >= 0.6 is 23.2 Å². The highest BCUT2D eigenvalue weighted by Gasteiger charge is 2.34. The number of imidazole rings is 1. The molecule has 0 aliphatic carbocycles. The first-order chi connectivity index (χ1) is 13.9. The molecular formula is C16H11Cl2F3N4O4S. The number of carbonyl (C=O) groups excluding carboxylic acids is 1. The van der Waals surface area contributed by atoms with Crippen LogP contribution in [-0.4, -0.2) is 35.2 Å². The molecule has 3 rings (SSSR count). The van der Waals surface area contributed by atoms with Crippen molar-refractivity contribution in [3.63, 3.8) is 0 Å². The molecule has 30 heavy (non-hydrogen) atoms. The molecule has 2 aromatic heterocycles. The Bertz CT molecular complexity index is 1260. The SMILES string of the molecule is COc1ccc(Cl)c(S(=O)(=O)N(N)C(=O)c2cn3cc(C(F)(F)F)cc(Cl)c3n2)c1. The van der Waals surface area contributed by atoms with Crippen LogP contribution in [0.2, 0.25) is 10.0 Å². The van der Waals surface area contributed by atoms with Gasteiger partial charge in [0.1, 0.15) is 16.3 Å². The minimum Gasteiger partial charge on any atom is -0.497 e. The van der Waals surface area contributed by atoms with Crippen LogP contribution in [0.4, 0.5) is 13.2 Å². The van der Waals surface area contributed by atoms with Gasteiger partial charge < -0.3 is 9.14 Å². The Hall–Kier alpha value is -2.54. The number of sulfonamides is 1. The predicted molar refractivity (Wildman–Crippen MR) is 101 cm³/mol. The number of halogens is 5. The molecule has 0 saturated carbocycles. The van der Waals surface area contributed by atoms with E-state index in [-0.39, 0.29) is 20.8 Å². The molecule has 0 unspecified atom stereocenters.